The van der Waals surface area contributed by atoms with Gasteiger partial charge in [0.2, 0.25) is 11.5 Å². The minimum Gasteiger partial charge on any atom is -0.273 e. The van der Waals surface area contributed by atoms with Crippen molar-refractivity contribution >= 4 is 40.5 Å². The Balaban J connectivity index is 1.42. The molecule has 0 radical (unpaired) electrons. The predicted octanol–water partition coefficient (Wildman–Crippen LogP) is 7.33. The number of non-ortho nitro benzene ring substituents is 1. The van der Waals surface area contributed by atoms with E-state index in [0.717, 1.165) is 32.7 Å². The normalized spacial score (nSPS) is 26.8. The van der Waals surface area contributed by atoms with Crippen LogP contribution in [0.15, 0.2) is 127 Å². The molecule has 0 spiro atoms. The molecule has 5 aromatic rings. The standard InChI is InChI=1S/C37H24ClN3O5/c38-23-19-17-22(18-20-23)33-36-31-27-13-4-6-15-29(27)32(30-16-7-5-14-28(30)31)37(36,46-40(33)24-9-2-1-3-10-24)35(43)39(34(36)42)25-11-8-12-26(21-25)41(44)45/h1-21,31-33H. The molecule has 2 bridgehead atoms. The Morgan fingerprint density at radius 3 is 1.85 bits per heavy atom. The van der Waals surface area contributed by atoms with Crippen molar-refractivity contribution in [2.24, 2.45) is 5.41 Å². The number of halogens is 1. The first-order chi connectivity index (χ1) is 22.4. The zero-order chi connectivity index (χ0) is 31.4. The van der Waals surface area contributed by atoms with Gasteiger partial charge in [0, 0.05) is 23.1 Å². The van der Waals surface area contributed by atoms with E-state index in [1.807, 2.05) is 91.0 Å². The number of amides is 2. The third-order valence-electron chi connectivity index (χ3n) is 10.2. The minimum atomic E-state index is -1.72. The number of benzene rings is 5. The molecular weight excluding hydrogens is 602 g/mol. The summed E-state index contributed by atoms with van der Waals surface area (Å²) in [7, 11) is 0. The van der Waals surface area contributed by atoms with Crippen LogP contribution in [0.5, 0.6) is 0 Å². The number of hydrogen-bond donors (Lipinski definition) is 0. The van der Waals surface area contributed by atoms with E-state index >= 15 is 9.59 Å². The van der Waals surface area contributed by atoms with Crippen molar-refractivity contribution in [1.82, 2.24) is 0 Å². The van der Waals surface area contributed by atoms with E-state index in [9.17, 15) is 10.1 Å². The molecule has 8 nitrogen and oxygen atoms in total. The van der Waals surface area contributed by atoms with Gasteiger partial charge in [-0.2, -0.15) is 0 Å². The lowest BCUT2D eigenvalue weighted by Gasteiger charge is -2.55. The molecule has 5 aromatic carbocycles. The number of hydroxylamine groups is 1. The predicted molar refractivity (Wildman–Crippen MR) is 172 cm³/mol. The molecule has 0 N–H and O–H groups in total. The molecule has 0 saturated carbocycles. The Labute approximate surface area is 268 Å². The third-order valence-corrected chi connectivity index (χ3v) is 10.4. The second-order valence-electron chi connectivity index (χ2n) is 12.2. The number of anilines is 2. The average molecular weight is 626 g/mol. The molecular formula is C37H24ClN3O5. The van der Waals surface area contributed by atoms with Crippen LogP contribution in [-0.4, -0.2) is 22.3 Å². The van der Waals surface area contributed by atoms with Crippen LogP contribution in [0.2, 0.25) is 5.02 Å². The summed E-state index contributed by atoms with van der Waals surface area (Å²) in [6.45, 7) is 0. The van der Waals surface area contributed by atoms with Crippen LogP contribution >= 0.6 is 11.6 Å². The smallest absolute Gasteiger partial charge is 0.271 e. The van der Waals surface area contributed by atoms with Gasteiger partial charge < -0.3 is 0 Å². The van der Waals surface area contributed by atoms with E-state index in [0.29, 0.717) is 10.7 Å². The van der Waals surface area contributed by atoms with Gasteiger partial charge in [0.15, 0.2) is 0 Å². The molecule has 2 fully saturated rings. The Hall–Kier alpha value is -5.31. The van der Waals surface area contributed by atoms with Gasteiger partial charge in [-0.25, -0.2) is 9.96 Å². The van der Waals surface area contributed by atoms with Crippen LogP contribution in [0, 0.1) is 15.5 Å². The molecule has 46 heavy (non-hydrogen) atoms. The van der Waals surface area contributed by atoms with Crippen molar-refractivity contribution in [2.75, 3.05) is 9.96 Å². The number of carbonyl (C=O) groups is 2. The fourth-order valence-electron chi connectivity index (χ4n) is 8.65. The van der Waals surface area contributed by atoms with Crippen molar-refractivity contribution in [2.45, 2.75) is 23.5 Å². The lowest BCUT2D eigenvalue weighted by atomic mass is 9.43. The minimum absolute atomic E-state index is 0.136. The summed E-state index contributed by atoms with van der Waals surface area (Å²) in [5.74, 6) is -2.24. The molecule has 2 amide bonds. The number of rotatable bonds is 4. The summed E-state index contributed by atoms with van der Waals surface area (Å²) < 4.78 is 0. The molecule has 5 aliphatic rings. The SMILES string of the molecule is O=C1N(c2cccc([N+](=O)[O-])c2)C(=O)C23C4c5ccccc5C(c5ccccc54)C12ON(c1ccccc1)C3c1ccc(Cl)cc1. The maximum Gasteiger partial charge on any atom is 0.271 e. The highest BCUT2D eigenvalue weighted by atomic mass is 35.5. The molecule has 224 valence electrons. The number of carbonyl (C=O) groups excluding carboxylic acids is 2. The number of nitro benzene ring substituents is 1. The van der Waals surface area contributed by atoms with Gasteiger partial charge in [-0.05, 0) is 58.1 Å². The van der Waals surface area contributed by atoms with Crippen molar-refractivity contribution in [3.05, 3.63) is 170 Å². The molecule has 2 heterocycles. The monoisotopic (exact) mass is 625 g/mol. The van der Waals surface area contributed by atoms with Crippen molar-refractivity contribution in [1.29, 1.82) is 0 Å². The largest absolute Gasteiger partial charge is 0.273 e. The number of imide groups is 1. The van der Waals surface area contributed by atoms with Gasteiger partial charge >= 0.3 is 0 Å². The summed E-state index contributed by atoms with van der Waals surface area (Å²) in [5.41, 5.74) is 1.89. The highest BCUT2D eigenvalue weighted by molar-refractivity contribution is 6.31. The van der Waals surface area contributed by atoms with E-state index in [4.69, 9.17) is 16.4 Å². The van der Waals surface area contributed by atoms with E-state index in [2.05, 4.69) is 0 Å². The number of nitro groups is 1. The van der Waals surface area contributed by atoms with Crippen molar-refractivity contribution in [3.8, 4) is 0 Å². The first-order valence-corrected chi connectivity index (χ1v) is 15.4. The van der Waals surface area contributed by atoms with Crippen LogP contribution in [0.3, 0.4) is 0 Å². The molecule has 10 rings (SSSR count). The quantitative estimate of drug-likeness (QED) is 0.118. The second-order valence-corrected chi connectivity index (χ2v) is 12.6. The van der Waals surface area contributed by atoms with Crippen molar-refractivity contribution < 1.29 is 19.3 Å². The molecule has 3 aliphatic carbocycles. The molecule has 0 aromatic heterocycles. The van der Waals surface area contributed by atoms with Crippen LogP contribution in [0.25, 0.3) is 0 Å². The third kappa shape index (κ3) is 3.12. The summed E-state index contributed by atoms with van der Waals surface area (Å²) in [5, 5.41) is 14.1. The Kier molecular flexibility index (Phi) is 5.50. The molecule has 2 saturated heterocycles. The van der Waals surface area contributed by atoms with E-state index < -0.39 is 45.6 Å². The lowest BCUT2D eigenvalue weighted by Crippen LogP contribution is -2.63. The summed E-state index contributed by atoms with van der Waals surface area (Å²) >= 11 is 6.38. The zero-order valence-corrected chi connectivity index (χ0v) is 24.9. The van der Waals surface area contributed by atoms with Crippen LogP contribution in [-0.2, 0) is 14.4 Å². The Morgan fingerprint density at radius 1 is 0.674 bits per heavy atom. The highest BCUT2D eigenvalue weighted by Crippen LogP contribution is 2.77. The highest BCUT2D eigenvalue weighted by Gasteiger charge is 2.87. The van der Waals surface area contributed by atoms with Gasteiger partial charge in [-0.15, -0.1) is 0 Å². The van der Waals surface area contributed by atoms with Crippen LogP contribution < -0.4 is 9.96 Å². The second kappa shape index (κ2) is 9.36. The van der Waals surface area contributed by atoms with Gasteiger partial charge in [0.25, 0.3) is 11.6 Å². The fraction of sp³-hybridized carbons (Fsp3) is 0.135. The van der Waals surface area contributed by atoms with Crippen LogP contribution in [0.1, 0.15) is 45.7 Å². The van der Waals surface area contributed by atoms with E-state index in [-0.39, 0.29) is 11.4 Å². The fourth-order valence-corrected chi connectivity index (χ4v) is 8.78. The van der Waals surface area contributed by atoms with Gasteiger partial charge in [-0.1, -0.05) is 96.5 Å². The number of nitrogens with zero attached hydrogens (tertiary/aromatic N) is 3. The number of hydrogen-bond acceptors (Lipinski definition) is 6. The molecule has 2 aliphatic heterocycles. The average Bonchev–Trinajstić information content (AvgIpc) is 3.52. The van der Waals surface area contributed by atoms with Gasteiger partial charge in [-0.3, -0.25) is 24.5 Å². The lowest BCUT2D eigenvalue weighted by molar-refractivity contribution is -0.384. The summed E-state index contributed by atoms with van der Waals surface area (Å²) in [6.07, 6.45) is 0. The van der Waals surface area contributed by atoms with E-state index in [1.165, 1.54) is 18.2 Å². The van der Waals surface area contributed by atoms with Gasteiger partial charge in [0.05, 0.1) is 22.2 Å². The Bertz CT molecular complexity index is 2070. The first kappa shape index (κ1) is 27.0. The Morgan fingerprint density at radius 2 is 1.24 bits per heavy atom. The number of para-hydroxylation sites is 1. The van der Waals surface area contributed by atoms with Gasteiger partial charge in [0.1, 0.15) is 11.5 Å². The zero-order valence-electron chi connectivity index (χ0n) is 24.1. The molecule has 3 unspecified atom stereocenters. The maximum absolute atomic E-state index is 15.7. The maximum atomic E-state index is 15.7. The van der Waals surface area contributed by atoms with E-state index in [1.54, 1.807) is 23.3 Å². The van der Waals surface area contributed by atoms with Crippen molar-refractivity contribution in [3.63, 3.8) is 0 Å². The van der Waals surface area contributed by atoms with Crippen LogP contribution in [0.4, 0.5) is 17.1 Å². The summed E-state index contributed by atoms with van der Waals surface area (Å²) in [4.78, 5) is 50.7. The summed E-state index contributed by atoms with van der Waals surface area (Å²) in [6, 6.07) is 37.6. The first-order valence-electron chi connectivity index (χ1n) is 15.0. The topological polar surface area (TPSA) is 93.0 Å². The molecule has 9 heteroatoms. The molecule has 3 atom stereocenters.